The highest BCUT2D eigenvalue weighted by Crippen LogP contribution is 2.16. The number of hydrogen-bond donors (Lipinski definition) is 2. The van der Waals surface area contributed by atoms with Crippen molar-refractivity contribution in [1.29, 1.82) is 0 Å². The van der Waals surface area contributed by atoms with Crippen molar-refractivity contribution in [3.63, 3.8) is 0 Å². The molecule has 0 saturated heterocycles. The number of methoxy groups -OCH3 is 1. The van der Waals surface area contributed by atoms with Crippen molar-refractivity contribution in [3.05, 3.63) is 34.1 Å². The predicted molar refractivity (Wildman–Crippen MR) is 92.9 cm³/mol. The van der Waals surface area contributed by atoms with E-state index in [2.05, 4.69) is 31.6 Å². The molecule has 0 spiro atoms. The zero-order valence-electron chi connectivity index (χ0n) is 13.3. The fourth-order valence-corrected chi connectivity index (χ4v) is 2.28. The number of rotatable bonds is 9. The van der Waals surface area contributed by atoms with Gasteiger partial charge in [0.05, 0.1) is 0 Å². The van der Waals surface area contributed by atoms with Crippen LogP contribution in [-0.4, -0.2) is 39.3 Å². The highest BCUT2D eigenvalue weighted by Gasteiger charge is 2.02. The third kappa shape index (κ3) is 7.75. The van der Waals surface area contributed by atoms with Gasteiger partial charge in [0.1, 0.15) is 5.82 Å². The van der Waals surface area contributed by atoms with E-state index in [4.69, 9.17) is 4.74 Å². The van der Waals surface area contributed by atoms with Crippen LogP contribution < -0.4 is 10.6 Å². The normalized spacial score (nSPS) is 11.5. The lowest BCUT2D eigenvalue weighted by molar-refractivity contribution is 0.195. The minimum Gasteiger partial charge on any atom is -0.385 e. The molecule has 0 aliphatic carbocycles. The van der Waals surface area contributed by atoms with Crippen LogP contribution in [-0.2, 0) is 11.2 Å². The molecular formula is C16H25BrFN3O. The summed E-state index contributed by atoms with van der Waals surface area (Å²) in [6.07, 6.45) is 2.43. The lowest BCUT2D eigenvalue weighted by atomic mass is 10.1. The maximum atomic E-state index is 13.7. The van der Waals surface area contributed by atoms with Crippen molar-refractivity contribution >= 4 is 21.9 Å². The Balaban J connectivity index is 2.36. The van der Waals surface area contributed by atoms with Gasteiger partial charge in [-0.1, -0.05) is 22.0 Å². The van der Waals surface area contributed by atoms with E-state index < -0.39 is 0 Å². The van der Waals surface area contributed by atoms with Crippen molar-refractivity contribution in [2.45, 2.75) is 26.2 Å². The van der Waals surface area contributed by atoms with Gasteiger partial charge >= 0.3 is 0 Å². The first-order valence-corrected chi connectivity index (χ1v) is 8.41. The van der Waals surface area contributed by atoms with E-state index in [-0.39, 0.29) is 5.82 Å². The van der Waals surface area contributed by atoms with E-state index >= 15 is 0 Å². The molecule has 0 fully saturated rings. The molecule has 0 saturated carbocycles. The Labute approximate surface area is 140 Å². The molecule has 6 heteroatoms. The SMILES string of the molecule is CCNC(=NCCCc1ccc(Br)cc1F)NCCCOC. The molecule has 1 rings (SSSR count). The molecule has 0 heterocycles. The lowest BCUT2D eigenvalue weighted by Gasteiger charge is -2.11. The molecule has 0 unspecified atom stereocenters. The molecule has 0 aliphatic heterocycles. The van der Waals surface area contributed by atoms with Gasteiger partial charge in [-0.15, -0.1) is 0 Å². The van der Waals surface area contributed by atoms with Gasteiger partial charge in [-0.3, -0.25) is 4.99 Å². The highest BCUT2D eigenvalue weighted by atomic mass is 79.9. The lowest BCUT2D eigenvalue weighted by Crippen LogP contribution is -2.38. The van der Waals surface area contributed by atoms with E-state index in [1.807, 2.05) is 19.1 Å². The topological polar surface area (TPSA) is 45.7 Å². The van der Waals surface area contributed by atoms with Crippen molar-refractivity contribution in [3.8, 4) is 0 Å². The number of halogens is 2. The highest BCUT2D eigenvalue weighted by molar-refractivity contribution is 9.10. The molecule has 0 amide bonds. The van der Waals surface area contributed by atoms with E-state index in [0.29, 0.717) is 13.0 Å². The second kappa shape index (κ2) is 11.4. The molecule has 124 valence electrons. The minimum atomic E-state index is -0.164. The average molecular weight is 374 g/mol. The van der Waals surface area contributed by atoms with Crippen molar-refractivity contribution in [2.75, 3.05) is 33.4 Å². The Morgan fingerprint density at radius 2 is 2.14 bits per heavy atom. The van der Waals surface area contributed by atoms with Crippen LogP contribution in [0.1, 0.15) is 25.3 Å². The third-order valence-electron chi connectivity index (χ3n) is 3.05. The van der Waals surface area contributed by atoms with Gasteiger partial charge in [-0.05, 0) is 43.9 Å². The third-order valence-corrected chi connectivity index (χ3v) is 3.54. The largest absolute Gasteiger partial charge is 0.385 e. The molecule has 0 aromatic heterocycles. The van der Waals surface area contributed by atoms with Crippen LogP contribution in [0.5, 0.6) is 0 Å². The molecule has 2 N–H and O–H groups in total. The maximum absolute atomic E-state index is 13.7. The minimum absolute atomic E-state index is 0.164. The molecule has 0 aliphatic rings. The second-order valence-corrected chi connectivity index (χ2v) is 5.79. The number of nitrogens with zero attached hydrogens (tertiary/aromatic N) is 1. The van der Waals surface area contributed by atoms with Gasteiger partial charge in [-0.2, -0.15) is 0 Å². The zero-order valence-corrected chi connectivity index (χ0v) is 14.9. The van der Waals surface area contributed by atoms with Crippen LogP contribution >= 0.6 is 15.9 Å². The molecule has 22 heavy (non-hydrogen) atoms. The number of aryl methyl sites for hydroxylation is 1. The Bertz CT molecular complexity index is 469. The number of benzene rings is 1. The summed E-state index contributed by atoms with van der Waals surface area (Å²) in [5.74, 6) is 0.637. The van der Waals surface area contributed by atoms with Gasteiger partial charge in [0.25, 0.3) is 0 Å². The Morgan fingerprint density at radius 3 is 2.82 bits per heavy atom. The monoisotopic (exact) mass is 373 g/mol. The molecule has 0 radical (unpaired) electrons. The molecule has 1 aromatic carbocycles. The van der Waals surface area contributed by atoms with Crippen molar-refractivity contribution in [1.82, 2.24) is 10.6 Å². The quantitative estimate of drug-likeness (QED) is 0.397. The first kappa shape index (κ1) is 18.9. The van der Waals surface area contributed by atoms with Crippen LogP contribution in [0, 0.1) is 5.82 Å². The Hall–Kier alpha value is -1.14. The smallest absolute Gasteiger partial charge is 0.191 e. The van der Waals surface area contributed by atoms with Gasteiger partial charge < -0.3 is 15.4 Å². The van der Waals surface area contributed by atoms with E-state index in [1.54, 1.807) is 7.11 Å². The van der Waals surface area contributed by atoms with Gasteiger partial charge in [0.15, 0.2) is 5.96 Å². The predicted octanol–water partition coefficient (Wildman–Crippen LogP) is 3.11. The van der Waals surface area contributed by atoms with E-state index in [0.717, 1.165) is 48.5 Å². The molecule has 0 atom stereocenters. The summed E-state index contributed by atoms with van der Waals surface area (Å²) in [7, 11) is 1.69. The first-order valence-electron chi connectivity index (χ1n) is 7.62. The molecular weight excluding hydrogens is 349 g/mol. The van der Waals surface area contributed by atoms with Gasteiger partial charge in [0.2, 0.25) is 0 Å². The van der Waals surface area contributed by atoms with Crippen LogP contribution in [0.15, 0.2) is 27.7 Å². The average Bonchev–Trinajstić information content (AvgIpc) is 2.49. The Kier molecular flexibility index (Phi) is 9.82. The summed E-state index contributed by atoms with van der Waals surface area (Å²) in [4.78, 5) is 4.50. The van der Waals surface area contributed by atoms with Gasteiger partial charge in [0, 0.05) is 37.8 Å². The van der Waals surface area contributed by atoms with Crippen LogP contribution in [0.3, 0.4) is 0 Å². The summed E-state index contributed by atoms with van der Waals surface area (Å²) in [5.41, 5.74) is 0.733. The first-order chi connectivity index (χ1) is 10.7. The summed E-state index contributed by atoms with van der Waals surface area (Å²) >= 11 is 3.26. The van der Waals surface area contributed by atoms with Gasteiger partial charge in [-0.25, -0.2) is 4.39 Å². The standard InChI is InChI=1S/C16H25BrFN3O/c1-3-19-16(21-10-5-11-22-2)20-9-4-6-13-7-8-14(17)12-15(13)18/h7-8,12H,3-6,9-11H2,1-2H3,(H2,19,20,21). The van der Waals surface area contributed by atoms with E-state index in [1.165, 1.54) is 6.07 Å². The summed E-state index contributed by atoms with van der Waals surface area (Å²) < 4.78 is 19.5. The number of aliphatic imine (C=N–C) groups is 1. The number of nitrogens with one attached hydrogen (secondary N) is 2. The van der Waals surface area contributed by atoms with Crippen molar-refractivity contribution < 1.29 is 9.13 Å². The summed E-state index contributed by atoms with van der Waals surface area (Å²) in [6.45, 7) is 5.06. The maximum Gasteiger partial charge on any atom is 0.191 e. The number of guanidine groups is 1. The van der Waals surface area contributed by atoms with E-state index in [9.17, 15) is 4.39 Å². The fraction of sp³-hybridized carbons (Fsp3) is 0.562. The zero-order chi connectivity index (χ0) is 16.2. The van der Waals surface area contributed by atoms with Crippen LogP contribution in [0.4, 0.5) is 4.39 Å². The molecule has 0 bridgehead atoms. The second-order valence-electron chi connectivity index (χ2n) is 4.87. The van der Waals surface area contributed by atoms with Crippen LogP contribution in [0.2, 0.25) is 0 Å². The number of hydrogen-bond acceptors (Lipinski definition) is 2. The molecule has 1 aromatic rings. The summed E-state index contributed by atoms with van der Waals surface area (Å²) in [6, 6.07) is 5.18. The van der Waals surface area contributed by atoms with Crippen LogP contribution in [0.25, 0.3) is 0 Å². The summed E-state index contributed by atoms with van der Waals surface area (Å²) in [5, 5.41) is 6.45. The fourth-order valence-electron chi connectivity index (χ4n) is 1.95. The molecule has 4 nitrogen and oxygen atoms in total. The van der Waals surface area contributed by atoms with Crippen molar-refractivity contribution in [2.24, 2.45) is 4.99 Å². The number of ether oxygens (including phenoxy) is 1. The Morgan fingerprint density at radius 1 is 1.32 bits per heavy atom.